The molecule has 154 valence electrons. The van der Waals surface area contributed by atoms with Gasteiger partial charge in [-0.1, -0.05) is 0 Å². The summed E-state index contributed by atoms with van der Waals surface area (Å²) in [5.41, 5.74) is -0.610. The lowest BCUT2D eigenvalue weighted by Crippen LogP contribution is -2.62. The molecule has 0 saturated heterocycles. The maximum Gasteiger partial charge on any atom is 0.462 e. The van der Waals surface area contributed by atoms with Crippen molar-refractivity contribution in [1.29, 1.82) is 0 Å². The van der Waals surface area contributed by atoms with Crippen LogP contribution in [0.15, 0.2) is 24.3 Å². The number of nitrogens with one attached hydrogen (secondary N) is 1. The van der Waals surface area contributed by atoms with Gasteiger partial charge in [0.2, 0.25) is 0 Å². The topological polar surface area (TPSA) is 38.3 Å². The SMILES string of the molecule is O=C(Nc1ccc(I)cc1)[C@@](F)(OC(F)(F)C(F)(F)C(F)(F)F)C(F)(F)F. The van der Waals surface area contributed by atoms with Crippen molar-refractivity contribution in [2.45, 2.75) is 30.2 Å². The molecule has 1 rings (SSSR count). The van der Waals surface area contributed by atoms with Gasteiger partial charge in [0, 0.05) is 9.26 Å². The second-order valence-corrected chi connectivity index (χ2v) is 5.99. The van der Waals surface area contributed by atoms with Gasteiger partial charge in [0.05, 0.1) is 0 Å². The number of carbonyl (C=O) groups excluding carboxylic acids is 1. The van der Waals surface area contributed by atoms with Crippen LogP contribution in [0.4, 0.5) is 54.0 Å². The molecule has 0 aliphatic heterocycles. The minimum atomic E-state index is -7.23. The molecule has 15 heteroatoms. The quantitative estimate of drug-likeness (QED) is 0.416. The molecule has 1 atom stereocenters. The number of rotatable bonds is 5. The summed E-state index contributed by atoms with van der Waals surface area (Å²) in [6, 6.07) is 4.08. The molecule has 0 aliphatic carbocycles. The first-order valence-corrected chi connectivity index (χ1v) is 7.28. The van der Waals surface area contributed by atoms with Gasteiger partial charge >= 0.3 is 30.2 Å². The Balaban J connectivity index is 3.27. The van der Waals surface area contributed by atoms with Gasteiger partial charge in [-0.3, -0.25) is 9.53 Å². The molecule has 1 aromatic rings. The molecule has 0 fully saturated rings. The van der Waals surface area contributed by atoms with Crippen molar-refractivity contribution in [1.82, 2.24) is 0 Å². The van der Waals surface area contributed by atoms with Crippen LogP contribution in [0.3, 0.4) is 0 Å². The molecule has 0 spiro atoms. The number of amides is 1. The van der Waals surface area contributed by atoms with Crippen molar-refractivity contribution in [3.8, 4) is 0 Å². The van der Waals surface area contributed by atoms with Gasteiger partial charge in [-0.15, -0.1) is 0 Å². The fraction of sp³-hybridized carbons (Fsp3) is 0.417. The fourth-order valence-electron chi connectivity index (χ4n) is 1.38. The Morgan fingerprint density at radius 2 is 1.26 bits per heavy atom. The highest BCUT2D eigenvalue weighted by atomic mass is 127. The first-order valence-electron chi connectivity index (χ1n) is 6.20. The Bertz CT molecular complexity index is 686. The lowest BCUT2D eigenvalue weighted by atomic mass is 10.2. The minimum Gasteiger partial charge on any atom is -0.321 e. The van der Waals surface area contributed by atoms with Crippen LogP contribution in [-0.4, -0.2) is 36.1 Å². The average Bonchev–Trinajstić information content (AvgIpc) is 2.46. The molecule has 3 nitrogen and oxygen atoms in total. The highest BCUT2D eigenvalue weighted by Gasteiger charge is 2.79. The van der Waals surface area contributed by atoms with Crippen molar-refractivity contribution in [2.75, 3.05) is 5.32 Å². The molecule has 27 heavy (non-hydrogen) atoms. The summed E-state index contributed by atoms with van der Waals surface area (Å²) in [4.78, 5) is 11.4. The largest absolute Gasteiger partial charge is 0.462 e. The van der Waals surface area contributed by atoms with Crippen LogP contribution in [0, 0.1) is 3.57 Å². The highest BCUT2D eigenvalue weighted by molar-refractivity contribution is 14.1. The third-order valence-electron chi connectivity index (χ3n) is 2.75. The Labute approximate surface area is 156 Å². The second-order valence-electron chi connectivity index (χ2n) is 4.75. The Morgan fingerprint density at radius 1 is 0.815 bits per heavy atom. The van der Waals surface area contributed by atoms with E-state index in [2.05, 4.69) is 4.74 Å². The number of hydrogen-bond acceptors (Lipinski definition) is 2. The maximum absolute atomic E-state index is 13.9. The van der Waals surface area contributed by atoms with Crippen molar-refractivity contribution in [2.24, 2.45) is 0 Å². The Kier molecular flexibility index (Phi) is 6.32. The lowest BCUT2D eigenvalue weighted by Gasteiger charge is -2.34. The van der Waals surface area contributed by atoms with Crippen molar-refractivity contribution >= 4 is 34.2 Å². The van der Waals surface area contributed by atoms with Gasteiger partial charge in [0.25, 0.3) is 5.91 Å². The molecule has 0 aliphatic rings. The van der Waals surface area contributed by atoms with Gasteiger partial charge < -0.3 is 5.32 Å². The first kappa shape index (κ1) is 23.6. The zero-order valence-electron chi connectivity index (χ0n) is 12.2. The molecule has 0 radical (unpaired) electrons. The van der Waals surface area contributed by atoms with Gasteiger partial charge in [-0.25, -0.2) is 0 Å². The molecule has 0 bridgehead atoms. The van der Waals surface area contributed by atoms with Gasteiger partial charge in [0.1, 0.15) is 0 Å². The van der Waals surface area contributed by atoms with Crippen molar-refractivity contribution in [3.05, 3.63) is 27.8 Å². The Morgan fingerprint density at radius 3 is 1.63 bits per heavy atom. The van der Waals surface area contributed by atoms with Crippen LogP contribution < -0.4 is 5.32 Å². The zero-order chi connectivity index (χ0) is 21.5. The standard InChI is InChI=1S/C12H5F11INO2/c13-8(10(16,17)18,7(26)25-6-3-1-5(24)2-4-6)27-12(22,23)9(14,15)11(19,20)21/h1-4H,(H,25,26)/t8-/m1/s1. The number of benzene rings is 1. The Hall–Kier alpha value is -1.39. The second kappa shape index (κ2) is 7.21. The smallest absolute Gasteiger partial charge is 0.321 e. The number of hydrogen-bond donors (Lipinski definition) is 1. The zero-order valence-corrected chi connectivity index (χ0v) is 14.3. The molecule has 0 heterocycles. The fourth-order valence-corrected chi connectivity index (χ4v) is 1.74. The maximum atomic E-state index is 13.9. The van der Waals surface area contributed by atoms with E-state index in [0.29, 0.717) is 3.57 Å². The molecule has 1 aromatic carbocycles. The van der Waals surface area contributed by atoms with Gasteiger partial charge in [0.15, 0.2) is 0 Å². The van der Waals surface area contributed by atoms with Crippen LogP contribution in [-0.2, 0) is 9.53 Å². The van der Waals surface area contributed by atoms with E-state index < -0.39 is 41.8 Å². The summed E-state index contributed by atoms with van der Waals surface area (Å²) in [6.45, 7) is 0. The van der Waals surface area contributed by atoms with Crippen LogP contribution >= 0.6 is 22.6 Å². The number of anilines is 1. The molecule has 1 amide bonds. The van der Waals surface area contributed by atoms with Crippen LogP contribution in [0.25, 0.3) is 0 Å². The van der Waals surface area contributed by atoms with E-state index in [1.807, 2.05) is 0 Å². The van der Waals surface area contributed by atoms with E-state index in [1.54, 1.807) is 22.6 Å². The first-order chi connectivity index (χ1) is 11.8. The number of halogens is 12. The van der Waals surface area contributed by atoms with E-state index in [1.165, 1.54) is 0 Å². The van der Waals surface area contributed by atoms with E-state index in [0.717, 1.165) is 29.6 Å². The van der Waals surface area contributed by atoms with Crippen molar-refractivity contribution < 1.29 is 57.8 Å². The predicted octanol–water partition coefficient (Wildman–Crippen LogP) is 5.26. The highest BCUT2D eigenvalue weighted by Crippen LogP contribution is 2.51. The number of carbonyl (C=O) groups is 1. The molecule has 0 saturated carbocycles. The van der Waals surface area contributed by atoms with Crippen molar-refractivity contribution in [3.63, 3.8) is 0 Å². The van der Waals surface area contributed by atoms with Crippen LogP contribution in [0.2, 0.25) is 0 Å². The van der Waals surface area contributed by atoms with E-state index >= 15 is 0 Å². The molecular formula is C12H5F11INO2. The minimum absolute atomic E-state index is 0.473. The number of ether oxygens (including phenoxy) is 1. The monoisotopic (exact) mass is 531 g/mol. The van der Waals surface area contributed by atoms with Gasteiger partial charge in [-0.05, 0) is 46.9 Å². The van der Waals surface area contributed by atoms with Crippen LogP contribution in [0.1, 0.15) is 0 Å². The summed E-state index contributed by atoms with van der Waals surface area (Å²) < 4.78 is 142. The predicted molar refractivity (Wildman–Crippen MR) is 74.7 cm³/mol. The lowest BCUT2D eigenvalue weighted by molar-refractivity contribution is -0.472. The summed E-state index contributed by atoms with van der Waals surface area (Å²) in [6.07, 6.45) is -20.9. The molecular weight excluding hydrogens is 526 g/mol. The normalized spacial score (nSPS) is 16.0. The summed E-state index contributed by atoms with van der Waals surface area (Å²) in [5, 5.41) is 1.11. The summed E-state index contributed by atoms with van der Waals surface area (Å²) in [7, 11) is 0. The van der Waals surface area contributed by atoms with E-state index in [-0.39, 0.29) is 0 Å². The van der Waals surface area contributed by atoms with E-state index in [4.69, 9.17) is 0 Å². The summed E-state index contributed by atoms with van der Waals surface area (Å²) in [5.74, 6) is -16.5. The number of alkyl halides is 11. The third-order valence-corrected chi connectivity index (χ3v) is 3.47. The van der Waals surface area contributed by atoms with E-state index in [9.17, 15) is 53.1 Å². The van der Waals surface area contributed by atoms with Gasteiger partial charge in [-0.2, -0.15) is 48.3 Å². The third kappa shape index (κ3) is 4.72. The van der Waals surface area contributed by atoms with Crippen LogP contribution in [0.5, 0.6) is 0 Å². The molecule has 0 aromatic heterocycles. The molecule has 1 N–H and O–H groups in total. The summed E-state index contributed by atoms with van der Waals surface area (Å²) >= 11 is 1.71. The average molecular weight is 531 g/mol. The molecule has 0 unspecified atom stereocenters.